The third-order valence-corrected chi connectivity index (χ3v) is 3.22. The van der Waals surface area contributed by atoms with E-state index in [2.05, 4.69) is 18.7 Å². The van der Waals surface area contributed by atoms with E-state index in [1.807, 2.05) is 42.5 Å². The van der Waals surface area contributed by atoms with Crippen LogP contribution in [0.25, 0.3) is 28.2 Å². The number of rotatable bonds is 2. The molecule has 19 heavy (non-hydrogen) atoms. The van der Waals surface area contributed by atoms with E-state index in [9.17, 15) is 0 Å². The monoisotopic (exact) mass is 246 g/mol. The van der Waals surface area contributed by atoms with Gasteiger partial charge in [-0.25, -0.2) is 4.98 Å². The number of anilines is 1. The minimum Gasteiger partial charge on any atom is -0.398 e. The van der Waals surface area contributed by atoms with Gasteiger partial charge in [0.1, 0.15) is 0 Å². The number of pyridine rings is 1. The van der Waals surface area contributed by atoms with Crippen LogP contribution in [-0.2, 0) is 0 Å². The molecule has 0 aliphatic rings. The highest BCUT2D eigenvalue weighted by Crippen LogP contribution is 2.28. The van der Waals surface area contributed by atoms with Crippen molar-refractivity contribution in [3.63, 3.8) is 0 Å². The van der Waals surface area contributed by atoms with E-state index in [0.717, 1.165) is 33.4 Å². The highest BCUT2D eigenvalue weighted by atomic mass is 14.7. The summed E-state index contributed by atoms with van der Waals surface area (Å²) in [6, 6.07) is 18.0. The lowest BCUT2D eigenvalue weighted by Crippen LogP contribution is -1.93. The van der Waals surface area contributed by atoms with E-state index in [1.54, 1.807) is 6.08 Å². The highest BCUT2D eigenvalue weighted by molar-refractivity contribution is 5.85. The SMILES string of the molecule is C=Cc1c(N)cccc1-c1ccc2ccccc2n1. The normalized spacial score (nSPS) is 10.5. The van der Waals surface area contributed by atoms with Gasteiger partial charge in [-0.15, -0.1) is 0 Å². The van der Waals surface area contributed by atoms with E-state index >= 15 is 0 Å². The van der Waals surface area contributed by atoms with Crippen LogP contribution in [0.1, 0.15) is 5.56 Å². The number of nitrogens with zero attached hydrogens (tertiary/aromatic N) is 1. The molecule has 2 heteroatoms. The predicted molar refractivity (Wildman–Crippen MR) is 81.7 cm³/mol. The second-order valence-electron chi connectivity index (χ2n) is 4.40. The Morgan fingerprint density at radius 3 is 2.63 bits per heavy atom. The Morgan fingerprint density at radius 1 is 0.947 bits per heavy atom. The van der Waals surface area contributed by atoms with Gasteiger partial charge in [-0.05, 0) is 18.2 Å². The molecule has 0 amide bonds. The maximum absolute atomic E-state index is 5.98. The molecule has 0 fully saturated rings. The molecule has 1 heterocycles. The van der Waals surface area contributed by atoms with Crippen LogP contribution < -0.4 is 5.73 Å². The Hall–Kier alpha value is -2.61. The van der Waals surface area contributed by atoms with Crippen LogP contribution in [0.4, 0.5) is 5.69 Å². The zero-order chi connectivity index (χ0) is 13.2. The molecule has 3 rings (SSSR count). The average molecular weight is 246 g/mol. The van der Waals surface area contributed by atoms with Crippen LogP contribution in [0.3, 0.4) is 0 Å². The van der Waals surface area contributed by atoms with Gasteiger partial charge in [0, 0.05) is 22.2 Å². The lowest BCUT2D eigenvalue weighted by atomic mass is 10.0. The lowest BCUT2D eigenvalue weighted by Gasteiger charge is -2.09. The Kier molecular flexibility index (Phi) is 2.76. The van der Waals surface area contributed by atoms with Crippen LogP contribution in [0.5, 0.6) is 0 Å². The van der Waals surface area contributed by atoms with E-state index in [4.69, 9.17) is 10.7 Å². The molecule has 2 aromatic carbocycles. The Morgan fingerprint density at radius 2 is 1.79 bits per heavy atom. The third kappa shape index (κ3) is 1.97. The molecule has 0 saturated carbocycles. The standard InChI is InChI=1S/C17H14N2/c1-2-13-14(7-5-8-15(13)18)17-11-10-12-6-3-4-9-16(12)19-17/h2-11H,1,18H2. The van der Waals surface area contributed by atoms with Crippen molar-refractivity contribution in [3.8, 4) is 11.3 Å². The zero-order valence-corrected chi connectivity index (χ0v) is 10.5. The number of nitrogen functional groups attached to an aromatic ring is 1. The van der Waals surface area contributed by atoms with Crippen LogP contribution in [0, 0.1) is 0 Å². The Bertz CT molecular complexity index is 760. The fourth-order valence-electron chi connectivity index (χ4n) is 2.25. The summed E-state index contributed by atoms with van der Waals surface area (Å²) in [7, 11) is 0. The van der Waals surface area contributed by atoms with E-state index in [-0.39, 0.29) is 0 Å². The second-order valence-corrected chi connectivity index (χ2v) is 4.40. The fourth-order valence-corrected chi connectivity index (χ4v) is 2.25. The first-order chi connectivity index (χ1) is 9.29. The summed E-state index contributed by atoms with van der Waals surface area (Å²) >= 11 is 0. The molecular formula is C17H14N2. The molecule has 0 unspecified atom stereocenters. The van der Waals surface area contributed by atoms with Gasteiger partial charge in [-0.1, -0.05) is 49.1 Å². The summed E-state index contributed by atoms with van der Waals surface area (Å²) in [6.07, 6.45) is 1.78. The second kappa shape index (κ2) is 4.58. The summed E-state index contributed by atoms with van der Waals surface area (Å²) in [5.74, 6) is 0. The summed E-state index contributed by atoms with van der Waals surface area (Å²) in [5, 5.41) is 1.13. The third-order valence-electron chi connectivity index (χ3n) is 3.22. The first-order valence-electron chi connectivity index (χ1n) is 6.16. The number of fused-ring (bicyclic) bond motifs is 1. The molecule has 0 bridgehead atoms. The van der Waals surface area contributed by atoms with Crippen LogP contribution in [0.15, 0.2) is 61.2 Å². The first kappa shape index (κ1) is 11.5. The molecule has 0 atom stereocenters. The van der Waals surface area contributed by atoms with Gasteiger partial charge in [0.25, 0.3) is 0 Å². The van der Waals surface area contributed by atoms with Crippen molar-refractivity contribution >= 4 is 22.7 Å². The smallest absolute Gasteiger partial charge is 0.0716 e. The minimum absolute atomic E-state index is 0.724. The quantitative estimate of drug-likeness (QED) is 0.690. The zero-order valence-electron chi connectivity index (χ0n) is 10.5. The molecule has 0 aliphatic carbocycles. The fraction of sp³-hybridized carbons (Fsp3) is 0. The minimum atomic E-state index is 0.724. The van der Waals surface area contributed by atoms with Gasteiger partial charge < -0.3 is 5.73 Å². The number of benzene rings is 2. The number of nitrogens with two attached hydrogens (primary N) is 1. The van der Waals surface area contributed by atoms with Crippen LogP contribution in [0.2, 0.25) is 0 Å². The van der Waals surface area contributed by atoms with Gasteiger partial charge >= 0.3 is 0 Å². The van der Waals surface area contributed by atoms with Crippen molar-refractivity contribution in [3.05, 3.63) is 66.7 Å². The van der Waals surface area contributed by atoms with Gasteiger partial charge in [-0.3, -0.25) is 0 Å². The Balaban J connectivity index is 2.24. The molecular weight excluding hydrogens is 232 g/mol. The number of hydrogen-bond donors (Lipinski definition) is 1. The summed E-state index contributed by atoms with van der Waals surface area (Å²) in [6.45, 7) is 3.83. The van der Waals surface area contributed by atoms with Gasteiger partial charge in [0.15, 0.2) is 0 Å². The maximum atomic E-state index is 5.98. The van der Waals surface area contributed by atoms with Gasteiger partial charge in [0.05, 0.1) is 11.2 Å². The van der Waals surface area contributed by atoms with E-state index < -0.39 is 0 Å². The van der Waals surface area contributed by atoms with Crippen molar-refractivity contribution in [1.82, 2.24) is 4.98 Å². The van der Waals surface area contributed by atoms with E-state index in [1.165, 1.54) is 0 Å². The largest absolute Gasteiger partial charge is 0.398 e. The van der Waals surface area contributed by atoms with Gasteiger partial charge in [-0.2, -0.15) is 0 Å². The predicted octanol–water partition coefficient (Wildman–Crippen LogP) is 4.13. The first-order valence-corrected chi connectivity index (χ1v) is 6.16. The molecule has 1 aromatic heterocycles. The molecule has 0 aliphatic heterocycles. The van der Waals surface area contributed by atoms with Crippen molar-refractivity contribution in [2.75, 3.05) is 5.73 Å². The summed E-state index contributed by atoms with van der Waals surface area (Å²) in [4.78, 5) is 4.69. The van der Waals surface area contributed by atoms with Crippen molar-refractivity contribution < 1.29 is 0 Å². The maximum Gasteiger partial charge on any atom is 0.0716 e. The molecule has 0 radical (unpaired) electrons. The molecule has 0 saturated heterocycles. The molecule has 2 nitrogen and oxygen atoms in total. The number of para-hydroxylation sites is 1. The van der Waals surface area contributed by atoms with Crippen molar-refractivity contribution in [2.45, 2.75) is 0 Å². The molecule has 2 N–H and O–H groups in total. The molecule has 0 spiro atoms. The summed E-state index contributed by atoms with van der Waals surface area (Å²) < 4.78 is 0. The van der Waals surface area contributed by atoms with Crippen molar-refractivity contribution in [1.29, 1.82) is 0 Å². The van der Waals surface area contributed by atoms with Crippen LogP contribution in [-0.4, -0.2) is 4.98 Å². The number of aromatic nitrogens is 1. The Labute approximate surface area is 112 Å². The van der Waals surface area contributed by atoms with Crippen molar-refractivity contribution in [2.24, 2.45) is 0 Å². The topological polar surface area (TPSA) is 38.9 Å². The van der Waals surface area contributed by atoms with E-state index in [0.29, 0.717) is 0 Å². The summed E-state index contributed by atoms with van der Waals surface area (Å²) in [5.41, 5.74) is 10.6. The molecule has 3 aromatic rings. The number of hydrogen-bond acceptors (Lipinski definition) is 2. The van der Waals surface area contributed by atoms with Crippen LogP contribution >= 0.6 is 0 Å². The average Bonchev–Trinajstić information content (AvgIpc) is 2.46. The highest BCUT2D eigenvalue weighted by Gasteiger charge is 2.07. The van der Waals surface area contributed by atoms with Gasteiger partial charge in [0.2, 0.25) is 0 Å². The molecule has 92 valence electrons. The lowest BCUT2D eigenvalue weighted by molar-refractivity contribution is 1.39.